The number of carbonyl (C=O) groups is 2. The highest BCUT2D eigenvalue weighted by Crippen LogP contribution is 2.41. The Kier molecular flexibility index (Phi) is 8.31. The molecule has 1 aliphatic heterocycles. The molecule has 2 N–H and O–H groups in total. The molecule has 2 aromatic carbocycles. The quantitative estimate of drug-likeness (QED) is 0.226. The molecular weight excluding hydrogens is 568 g/mol. The van der Waals surface area contributed by atoms with E-state index in [1.165, 1.54) is 0 Å². The van der Waals surface area contributed by atoms with Crippen LogP contribution < -0.4 is 15.4 Å². The Morgan fingerprint density at radius 2 is 1.82 bits per heavy atom. The molecular formula is C35H40N6O4. The first-order valence-electron chi connectivity index (χ1n) is 15.6. The molecule has 10 nitrogen and oxygen atoms in total. The second-order valence-corrected chi connectivity index (χ2v) is 13.1. The molecule has 1 saturated heterocycles. The number of nitrogens with zero attached hydrogens (tertiary/aromatic N) is 4. The predicted octanol–water partition coefficient (Wildman–Crippen LogP) is 7.20. The second kappa shape index (κ2) is 12.3. The molecule has 3 atom stereocenters. The van der Waals surface area contributed by atoms with Crippen molar-refractivity contribution >= 4 is 34.4 Å². The number of ether oxygens (including phenoxy) is 2. The molecule has 2 aromatic heterocycles. The van der Waals surface area contributed by atoms with Gasteiger partial charge in [-0.3, -0.25) is 4.79 Å². The number of likely N-dealkylation sites (tertiary alicyclic amines) is 1. The second-order valence-electron chi connectivity index (χ2n) is 13.1. The van der Waals surface area contributed by atoms with E-state index in [0.717, 1.165) is 41.3 Å². The van der Waals surface area contributed by atoms with Crippen molar-refractivity contribution in [2.24, 2.45) is 11.8 Å². The molecule has 2 amide bonds. The summed E-state index contributed by atoms with van der Waals surface area (Å²) >= 11 is 0. The van der Waals surface area contributed by atoms with E-state index >= 15 is 0 Å². The van der Waals surface area contributed by atoms with Gasteiger partial charge in [0.05, 0.1) is 11.3 Å². The van der Waals surface area contributed by atoms with Gasteiger partial charge in [0.25, 0.3) is 0 Å². The molecule has 1 aliphatic carbocycles. The summed E-state index contributed by atoms with van der Waals surface area (Å²) in [7, 11) is 0. The third-order valence-electron chi connectivity index (χ3n) is 8.22. The number of rotatable bonds is 7. The van der Waals surface area contributed by atoms with Crippen LogP contribution in [-0.4, -0.2) is 56.6 Å². The van der Waals surface area contributed by atoms with Gasteiger partial charge < -0.3 is 25.0 Å². The number of amides is 2. The van der Waals surface area contributed by atoms with E-state index in [4.69, 9.17) is 14.5 Å². The maximum atomic E-state index is 12.7. The van der Waals surface area contributed by atoms with Gasteiger partial charge in [0.1, 0.15) is 11.4 Å². The highest BCUT2D eigenvalue weighted by atomic mass is 16.6. The highest BCUT2D eigenvalue weighted by molar-refractivity contribution is 6.05. The van der Waals surface area contributed by atoms with Gasteiger partial charge in [0.2, 0.25) is 17.7 Å². The van der Waals surface area contributed by atoms with Gasteiger partial charge >= 0.3 is 6.09 Å². The van der Waals surface area contributed by atoms with Gasteiger partial charge in [0.15, 0.2) is 0 Å². The first-order valence-corrected chi connectivity index (χ1v) is 15.6. The molecule has 3 heterocycles. The van der Waals surface area contributed by atoms with Crippen molar-refractivity contribution < 1.29 is 19.1 Å². The van der Waals surface area contributed by atoms with E-state index in [-0.39, 0.29) is 24.0 Å². The minimum atomic E-state index is -0.546. The number of fused-ring (bicyclic) bond motifs is 1. The van der Waals surface area contributed by atoms with Crippen molar-refractivity contribution in [2.45, 2.75) is 65.5 Å². The zero-order chi connectivity index (χ0) is 31.7. The van der Waals surface area contributed by atoms with Crippen molar-refractivity contribution in [2.75, 3.05) is 23.7 Å². The fraction of sp³-hybridized carbons (Fsp3) is 0.400. The molecule has 45 heavy (non-hydrogen) atoms. The van der Waals surface area contributed by atoms with E-state index in [1.54, 1.807) is 17.3 Å². The Hall–Kier alpha value is -4.73. The number of hydrogen-bond donors (Lipinski definition) is 2. The van der Waals surface area contributed by atoms with Crippen LogP contribution in [-0.2, 0) is 9.53 Å². The van der Waals surface area contributed by atoms with Crippen molar-refractivity contribution in [1.82, 2.24) is 19.9 Å². The van der Waals surface area contributed by atoms with Crippen LogP contribution in [0.25, 0.3) is 22.0 Å². The number of hydrogen-bond acceptors (Lipinski definition) is 8. The summed E-state index contributed by atoms with van der Waals surface area (Å²) in [6.07, 6.45) is 5.75. The Labute approximate surface area is 263 Å². The van der Waals surface area contributed by atoms with Crippen LogP contribution in [0.15, 0.2) is 60.9 Å². The highest BCUT2D eigenvalue weighted by Gasteiger charge is 2.39. The SMILES string of the molecule is Cc1ccc2c(NC(=O)[C@H]3C[C@@H]3C)cccc2c1Oc1ncccc1-c1ccnc(N[C@H]2CCCN(C(=O)OC(C)(C)C)C2)n1. The van der Waals surface area contributed by atoms with E-state index in [2.05, 4.69) is 27.5 Å². The Balaban J connectivity index is 1.23. The van der Waals surface area contributed by atoms with Gasteiger partial charge in [0, 0.05) is 53.9 Å². The first-order chi connectivity index (χ1) is 21.6. The van der Waals surface area contributed by atoms with Crippen LogP contribution in [0.3, 0.4) is 0 Å². The number of benzene rings is 2. The molecule has 6 rings (SSSR count). The number of piperidine rings is 1. The van der Waals surface area contributed by atoms with Gasteiger partial charge in [-0.15, -0.1) is 0 Å². The largest absolute Gasteiger partial charge is 0.444 e. The van der Waals surface area contributed by atoms with E-state index in [9.17, 15) is 9.59 Å². The van der Waals surface area contributed by atoms with Crippen molar-refractivity contribution in [3.8, 4) is 22.9 Å². The summed E-state index contributed by atoms with van der Waals surface area (Å²) in [6, 6.07) is 15.4. The molecule has 234 valence electrons. The third kappa shape index (κ3) is 7.00. The minimum absolute atomic E-state index is 0.0118. The first kappa shape index (κ1) is 30.3. The molecule has 1 saturated carbocycles. The van der Waals surface area contributed by atoms with Crippen LogP contribution in [0.1, 0.15) is 52.5 Å². The van der Waals surface area contributed by atoms with Crippen LogP contribution in [0.4, 0.5) is 16.4 Å². The van der Waals surface area contributed by atoms with Crippen molar-refractivity contribution in [3.63, 3.8) is 0 Å². The molecule has 2 fully saturated rings. The number of carbonyl (C=O) groups excluding carboxylic acids is 2. The molecule has 0 unspecified atom stereocenters. The average Bonchev–Trinajstić information content (AvgIpc) is 3.75. The Bertz CT molecular complexity index is 1740. The van der Waals surface area contributed by atoms with Gasteiger partial charge in [-0.1, -0.05) is 31.2 Å². The lowest BCUT2D eigenvalue weighted by Gasteiger charge is -2.34. The maximum absolute atomic E-state index is 12.7. The zero-order valence-corrected chi connectivity index (χ0v) is 26.5. The fourth-order valence-electron chi connectivity index (χ4n) is 5.71. The number of anilines is 2. The van der Waals surface area contributed by atoms with Crippen LogP contribution in [0.2, 0.25) is 0 Å². The van der Waals surface area contributed by atoms with E-state index in [0.29, 0.717) is 47.8 Å². The summed E-state index contributed by atoms with van der Waals surface area (Å²) < 4.78 is 12.1. The van der Waals surface area contributed by atoms with E-state index in [1.807, 2.05) is 76.2 Å². The fourth-order valence-corrected chi connectivity index (χ4v) is 5.71. The van der Waals surface area contributed by atoms with Crippen LogP contribution >= 0.6 is 0 Å². The number of pyridine rings is 1. The van der Waals surface area contributed by atoms with Crippen LogP contribution in [0, 0.1) is 18.8 Å². The molecule has 4 aromatic rings. The summed E-state index contributed by atoms with van der Waals surface area (Å²) in [4.78, 5) is 41.0. The van der Waals surface area contributed by atoms with Gasteiger partial charge in [-0.05, 0) is 82.7 Å². The summed E-state index contributed by atoms with van der Waals surface area (Å²) in [5.41, 5.74) is 2.53. The number of aromatic nitrogens is 3. The number of aryl methyl sites for hydroxylation is 1. The van der Waals surface area contributed by atoms with Crippen molar-refractivity contribution in [1.29, 1.82) is 0 Å². The van der Waals surface area contributed by atoms with Crippen LogP contribution in [0.5, 0.6) is 11.6 Å². The Morgan fingerprint density at radius 3 is 2.60 bits per heavy atom. The van der Waals surface area contributed by atoms with Gasteiger partial charge in [-0.2, -0.15) is 0 Å². The van der Waals surface area contributed by atoms with E-state index < -0.39 is 5.60 Å². The summed E-state index contributed by atoms with van der Waals surface area (Å²) in [6.45, 7) is 10.9. The molecule has 2 aliphatic rings. The monoisotopic (exact) mass is 608 g/mol. The van der Waals surface area contributed by atoms with Crippen molar-refractivity contribution in [3.05, 3.63) is 66.5 Å². The lowest BCUT2D eigenvalue weighted by Crippen LogP contribution is -2.47. The average molecular weight is 609 g/mol. The zero-order valence-electron chi connectivity index (χ0n) is 26.5. The predicted molar refractivity (Wildman–Crippen MR) is 174 cm³/mol. The smallest absolute Gasteiger partial charge is 0.410 e. The number of nitrogens with one attached hydrogen (secondary N) is 2. The minimum Gasteiger partial charge on any atom is -0.444 e. The molecule has 0 spiro atoms. The molecule has 0 radical (unpaired) electrons. The summed E-state index contributed by atoms with van der Waals surface area (Å²) in [5, 5.41) is 8.31. The summed E-state index contributed by atoms with van der Waals surface area (Å²) in [5.74, 6) is 2.10. The normalized spacial score (nSPS) is 19.6. The van der Waals surface area contributed by atoms with Gasteiger partial charge in [-0.25, -0.2) is 19.7 Å². The Morgan fingerprint density at radius 1 is 1.00 bits per heavy atom. The maximum Gasteiger partial charge on any atom is 0.410 e. The topological polar surface area (TPSA) is 119 Å². The standard InChI is InChI=1S/C35H40N6O4/c1-21-13-14-24-25(10-6-12-28(24)39-31(42)27-19-22(27)2)30(21)44-32-26(11-7-16-36-32)29-15-17-37-33(40-29)38-23-9-8-18-41(20-23)34(43)45-35(3,4)5/h6-7,10-17,22-23,27H,8-9,18-20H2,1-5H3,(H,39,42)(H,37,38,40)/t22-,23-,27-/m0/s1. The molecule has 10 heteroatoms. The lowest BCUT2D eigenvalue weighted by molar-refractivity contribution is -0.117. The lowest BCUT2D eigenvalue weighted by atomic mass is 10.0. The third-order valence-corrected chi connectivity index (χ3v) is 8.22. The molecule has 0 bridgehead atoms.